The van der Waals surface area contributed by atoms with E-state index in [4.69, 9.17) is 21.6 Å². The molecule has 0 radical (unpaired) electrons. The molecule has 1 amide bonds. The van der Waals surface area contributed by atoms with Gasteiger partial charge in [0.15, 0.2) is 5.15 Å². The van der Waals surface area contributed by atoms with Crippen LogP contribution in [0.2, 0.25) is 5.15 Å². The number of carbonyl (C=O) groups excluding carboxylic acids is 1. The zero-order valence-electron chi connectivity index (χ0n) is 10.8. The van der Waals surface area contributed by atoms with Crippen LogP contribution in [0.4, 0.5) is 0 Å². The molecule has 0 bridgehead atoms. The lowest BCUT2D eigenvalue weighted by Gasteiger charge is -2.39. The van der Waals surface area contributed by atoms with Gasteiger partial charge in [0.1, 0.15) is 5.41 Å². The second-order valence-electron chi connectivity index (χ2n) is 5.26. The number of nitrogens with zero attached hydrogens (tertiary/aromatic N) is 4. The van der Waals surface area contributed by atoms with Crippen LogP contribution in [-0.4, -0.2) is 40.5 Å². The molecule has 6 nitrogen and oxygen atoms in total. The van der Waals surface area contributed by atoms with E-state index in [1.807, 2.05) is 0 Å². The van der Waals surface area contributed by atoms with Gasteiger partial charge in [-0.15, -0.1) is 0 Å². The lowest BCUT2D eigenvalue weighted by atomic mass is 9.97. The van der Waals surface area contributed by atoms with Gasteiger partial charge in [0.25, 0.3) is 0 Å². The molecule has 2 fully saturated rings. The minimum absolute atomic E-state index is 0.0289. The molecule has 1 saturated carbocycles. The maximum absolute atomic E-state index is 12.0. The predicted octanol–water partition coefficient (Wildman–Crippen LogP) is 1.27. The molecular weight excluding hydrogens is 280 g/mol. The van der Waals surface area contributed by atoms with Crippen molar-refractivity contribution in [3.63, 3.8) is 0 Å². The molecule has 2 heterocycles. The highest BCUT2D eigenvalue weighted by molar-refractivity contribution is 6.29. The van der Waals surface area contributed by atoms with E-state index in [2.05, 4.69) is 16.0 Å². The van der Waals surface area contributed by atoms with E-state index in [1.165, 1.54) is 12.4 Å². The number of nitriles is 1. The van der Waals surface area contributed by atoms with Crippen LogP contribution < -0.4 is 4.74 Å². The Hall–Kier alpha value is -1.87. The zero-order chi connectivity index (χ0) is 14.2. The van der Waals surface area contributed by atoms with Gasteiger partial charge in [-0.25, -0.2) is 0 Å². The largest absolute Gasteiger partial charge is 0.476 e. The predicted molar refractivity (Wildman–Crippen MR) is 69.9 cm³/mol. The van der Waals surface area contributed by atoms with E-state index in [0.29, 0.717) is 38.4 Å². The third-order valence-corrected chi connectivity index (χ3v) is 3.85. The highest BCUT2D eigenvalue weighted by Crippen LogP contribution is 2.47. The van der Waals surface area contributed by atoms with Gasteiger partial charge < -0.3 is 9.64 Å². The molecule has 1 aliphatic heterocycles. The first kappa shape index (κ1) is 13.1. The standard InChI is InChI=1S/C13H13ClN4O2/c14-10-3-16-4-11(17-10)20-7-9-5-18(6-9)12(19)13(8-15)1-2-13/h3-4,9H,1-2,5-7H2. The summed E-state index contributed by atoms with van der Waals surface area (Å²) in [7, 11) is 0. The number of halogens is 1. The van der Waals surface area contributed by atoms with Gasteiger partial charge in [-0.3, -0.25) is 9.78 Å². The summed E-state index contributed by atoms with van der Waals surface area (Å²) in [6, 6.07) is 2.12. The van der Waals surface area contributed by atoms with Crippen LogP contribution in [0.1, 0.15) is 12.8 Å². The molecule has 20 heavy (non-hydrogen) atoms. The quantitative estimate of drug-likeness (QED) is 0.835. The van der Waals surface area contributed by atoms with Crippen molar-refractivity contribution < 1.29 is 9.53 Å². The van der Waals surface area contributed by atoms with Crippen LogP contribution in [0.15, 0.2) is 12.4 Å². The van der Waals surface area contributed by atoms with Crippen molar-refractivity contribution in [2.75, 3.05) is 19.7 Å². The van der Waals surface area contributed by atoms with E-state index < -0.39 is 5.41 Å². The smallest absolute Gasteiger partial charge is 0.243 e. The first-order valence-electron chi connectivity index (χ1n) is 6.44. The molecule has 0 N–H and O–H groups in total. The van der Waals surface area contributed by atoms with Gasteiger partial charge in [-0.2, -0.15) is 10.2 Å². The summed E-state index contributed by atoms with van der Waals surface area (Å²) in [5, 5.41) is 9.28. The van der Waals surface area contributed by atoms with E-state index in [-0.39, 0.29) is 17.0 Å². The Morgan fingerprint density at radius 3 is 2.90 bits per heavy atom. The Balaban J connectivity index is 1.45. The molecule has 1 aromatic rings. The Kier molecular flexibility index (Phi) is 3.22. The molecule has 0 atom stereocenters. The number of hydrogen-bond donors (Lipinski definition) is 0. The lowest BCUT2D eigenvalue weighted by molar-refractivity contribution is -0.142. The Bertz CT molecular complexity index is 576. The first-order valence-corrected chi connectivity index (χ1v) is 6.82. The Morgan fingerprint density at radius 2 is 2.30 bits per heavy atom. The lowest BCUT2D eigenvalue weighted by Crippen LogP contribution is -2.54. The maximum Gasteiger partial charge on any atom is 0.243 e. The second-order valence-corrected chi connectivity index (χ2v) is 5.65. The summed E-state index contributed by atoms with van der Waals surface area (Å²) < 4.78 is 5.49. The number of amides is 1. The van der Waals surface area contributed by atoms with Gasteiger partial charge in [-0.05, 0) is 12.8 Å². The van der Waals surface area contributed by atoms with E-state index in [9.17, 15) is 4.79 Å². The van der Waals surface area contributed by atoms with Crippen molar-refractivity contribution in [3.8, 4) is 11.9 Å². The van der Waals surface area contributed by atoms with Crippen molar-refractivity contribution in [1.82, 2.24) is 14.9 Å². The molecule has 7 heteroatoms. The summed E-state index contributed by atoms with van der Waals surface area (Å²) in [5.41, 5.74) is -0.718. The van der Waals surface area contributed by atoms with E-state index >= 15 is 0 Å². The maximum atomic E-state index is 12.0. The van der Waals surface area contributed by atoms with Gasteiger partial charge in [0.2, 0.25) is 11.8 Å². The number of aromatic nitrogens is 2. The number of rotatable bonds is 4. The monoisotopic (exact) mass is 292 g/mol. The molecular formula is C13H13ClN4O2. The van der Waals surface area contributed by atoms with Crippen LogP contribution in [0.5, 0.6) is 5.88 Å². The van der Waals surface area contributed by atoms with Crippen LogP contribution in [0.25, 0.3) is 0 Å². The number of carbonyl (C=O) groups is 1. The molecule has 1 saturated heterocycles. The van der Waals surface area contributed by atoms with E-state index in [1.54, 1.807) is 4.90 Å². The molecule has 0 unspecified atom stereocenters. The molecule has 1 aromatic heterocycles. The minimum Gasteiger partial charge on any atom is -0.476 e. The van der Waals surface area contributed by atoms with Crippen molar-refractivity contribution in [2.24, 2.45) is 11.3 Å². The van der Waals surface area contributed by atoms with Gasteiger partial charge >= 0.3 is 0 Å². The SMILES string of the molecule is N#CC1(C(=O)N2CC(COc3cncc(Cl)n3)C2)CC1. The molecule has 3 rings (SSSR count). The molecule has 0 spiro atoms. The van der Waals surface area contributed by atoms with Gasteiger partial charge in [0, 0.05) is 19.0 Å². The zero-order valence-corrected chi connectivity index (χ0v) is 11.5. The minimum atomic E-state index is -0.718. The van der Waals surface area contributed by atoms with Crippen LogP contribution in [-0.2, 0) is 4.79 Å². The molecule has 0 aromatic carbocycles. The Morgan fingerprint density at radius 1 is 1.55 bits per heavy atom. The summed E-state index contributed by atoms with van der Waals surface area (Å²) in [6.07, 6.45) is 4.33. The topological polar surface area (TPSA) is 79.1 Å². The summed E-state index contributed by atoms with van der Waals surface area (Å²) in [6.45, 7) is 1.74. The average Bonchev–Trinajstić information content (AvgIpc) is 3.17. The molecule has 2 aliphatic rings. The number of likely N-dealkylation sites (tertiary alicyclic amines) is 1. The molecule has 1 aliphatic carbocycles. The Labute approximate surface area is 121 Å². The van der Waals surface area contributed by atoms with Gasteiger partial charge in [-0.1, -0.05) is 11.6 Å². The van der Waals surface area contributed by atoms with Crippen LogP contribution in [0, 0.1) is 22.7 Å². The number of ether oxygens (including phenoxy) is 1. The third-order valence-electron chi connectivity index (χ3n) is 3.67. The normalized spacial score (nSPS) is 19.9. The third kappa shape index (κ3) is 2.41. The van der Waals surface area contributed by atoms with Gasteiger partial charge in [0.05, 0.1) is 25.1 Å². The highest BCUT2D eigenvalue weighted by Gasteiger charge is 2.54. The highest BCUT2D eigenvalue weighted by atomic mass is 35.5. The van der Waals surface area contributed by atoms with Crippen molar-refractivity contribution in [2.45, 2.75) is 12.8 Å². The summed E-state index contributed by atoms with van der Waals surface area (Å²) in [5.74, 6) is 0.631. The number of hydrogen-bond acceptors (Lipinski definition) is 5. The molecule has 104 valence electrons. The fourth-order valence-corrected chi connectivity index (χ4v) is 2.38. The van der Waals surface area contributed by atoms with Crippen molar-refractivity contribution in [1.29, 1.82) is 5.26 Å². The van der Waals surface area contributed by atoms with Crippen LogP contribution in [0.3, 0.4) is 0 Å². The fraction of sp³-hybridized carbons (Fsp3) is 0.538. The summed E-state index contributed by atoms with van der Waals surface area (Å²) in [4.78, 5) is 21.6. The first-order chi connectivity index (χ1) is 9.63. The second kappa shape index (κ2) is 4.91. The summed E-state index contributed by atoms with van der Waals surface area (Å²) >= 11 is 5.71. The average molecular weight is 293 g/mol. The van der Waals surface area contributed by atoms with Crippen molar-refractivity contribution in [3.05, 3.63) is 17.5 Å². The van der Waals surface area contributed by atoms with Crippen LogP contribution >= 0.6 is 11.6 Å². The van der Waals surface area contributed by atoms with Crippen molar-refractivity contribution >= 4 is 17.5 Å². The fourth-order valence-electron chi connectivity index (χ4n) is 2.24. The van der Waals surface area contributed by atoms with E-state index in [0.717, 1.165) is 0 Å².